The molecule has 27 heavy (non-hydrogen) atoms. The Labute approximate surface area is 157 Å². The first-order chi connectivity index (χ1) is 12.8. The van der Waals surface area contributed by atoms with Crippen LogP contribution in [0.5, 0.6) is 0 Å². The standard InChI is InChI=1S/C21H23FN4O/c1-12(2)26(18-11-21(18,3)14-5-7-15(22)8-6-14)19(27)13-4-9-16-17(10-13)25-20(23)24-16/h4-10,12,18H,11H2,1-3H3,(H3,23,24,25)/t18-,21+/m0/s1. The minimum absolute atomic E-state index is 0.0177. The van der Waals surface area contributed by atoms with Crippen LogP contribution < -0.4 is 5.73 Å². The molecule has 0 aliphatic heterocycles. The number of carbonyl (C=O) groups is 1. The molecule has 1 fully saturated rings. The van der Waals surface area contributed by atoms with E-state index in [-0.39, 0.29) is 29.2 Å². The molecule has 4 rings (SSSR count). The van der Waals surface area contributed by atoms with Crippen molar-refractivity contribution in [1.29, 1.82) is 0 Å². The molecule has 5 nitrogen and oxygen atoms in total. The maximum absolute atomic E-state index is 13.3. The Hall–Kier alpha value is -2.89. The van der Waals surface area contributed by atoms with Gasteiger partial charge in [0.15, 0.2) is 5.95 Å². The van der Waals surface area contributed by atoms with Crippen molar-refractivity contribution in [1.82, 2.24) is 14.9 Å². The Kier molecular flexibility index (Phi) is 3.94. The third-order valence-corrected chi connectivity index (χ3v) is 5.57. The smallest absolute Gasteiger partial charge is 0.254 e. The molecule has 1 amide bonds. The Bertz CT molecular complexity index is 1010. The number of H-pyrrole nitrogens is 1. The van der Waals surface area contributed by atoms with Gasteiger partial charge in [-0.3, -0.25) is 4.79 Å². The van der Waals surface area contributed by atoms with Crippen molar-refractivity contribution in [2.75, 3.05) is 5.73 Å². The maximum atomic E-state index is 13.3. The number of anilines is 1. The molecule has 0 spiro atoms. The number of rotatable bonds is 4. The van der Waals surface area contributed by atoms with E-state index in [1.54, 1.807) is 18.2 Å². The van der Waals surface area contributed by atoms with Crippen molar-refractivity contribution in [3.63, 3.8) is 0 Å². The number of nitrogens with zero attached hydrogens (tertiary/aromatic N) is 2. The quantitative estimate of drug-likeness (QED) is 0.736. The highest BCUT2D eigenvalue weighted by Gasteiger charge is 2.56. The molecule has 0 bridgehead atoms. The number of imidazole rings is 1. The zero-order valence-corrected chi connectivity index (χ0v) is 15.7. The third-order valence-electron chi connectivity index (χ3n) is 5.57. The van der Waals surface area contributed by atoms with E-state index < -0.39 is 0 Å². The van der Waals surface area contributed by atoms with E-state index >= 15 is 0 Å². The van der Waals surface area contributed by atoms with E-state index in [1.807, 2.05) is 30.9 Å². The first-order valence-electron chi connectivity index (χ1n) is 9.13. The van der Waals surface area contributed by atoms with Crippen molar-refractivity contribution in [2.24, 2.45) is 0 Å². The van der Waals surface area contributed by atoms with Gasteiger partial charge in [-0.15, -0.1) is 0 Å². The predicted molar refractivity (Wildman–Crippen MR) is 104 cm³/mol. The number of hydrogen-bond acceptors (Lipinski definition) is 3. The molecule has 1 aliphatic carbocycles. The Morgan fingerprint density at radius 3 is 2.67 bits per heavy atom. The highest BCUT2D eigenvalue weighted by molar-refractivity contribution is 5.98. The Morgan fingerprint density at radius 2 is 2.00 bits per heavy atom. The molecular weight excluding hydrogens is 343 g/mol. The van der Waals surface area contributed by atoms with Crippen LogP contribution in [0.4, 0.5) is 10.3 Å². The summed E-state index contributed by atoms with van der Waals surface area (Å²) in [5.41, 5.74) is 8.70. The average Bonchev–Trinajstić information content (AvgIpc) is 3.13. The first kappa shape index (κ1) is 17.5. The number of halogens is 1. The molecule has 3 N–H and O–H groups in total. The highest BCUT2D eigenvalue weighted by Crippen LogP contribution is 2.52. The molecule has 6 heteroatoms. The van der Waals surface area contributed by atoms with E-state index in [0.29, 0.717) is 11.5 Å². The number of fused-ring (bicyclic) bond motifs is 1. The van der Waals surface area contributed by atoms with Crippen LogP contribution in [0.15, 0.2) is 42.5 Å². The fourth-order valence-electron chi connectivity index (χ4n) is 3.94. The second-order valence-electron chi connectivity index (χ2n) is 7.80. The summed E-state index contributed by atoms with van der Waals surface area (Å²) in [6.07, 6.45) is 0.863. The van der Waals surface area contributed by atoms with Crippen molar-refractivity contribution in [3.05, 3.63) is 59.4 Å². The van der Waals surface area contributed by atoms with E-state index in [1.165, 1.54) is 12.1 Å². The first-order valence-corrected chi connectivity index (χ1v) is 9.13. The van der Waals surface area contributed by atoms with E-state index in [0.717, 1.165) is 23.0 Å². The lowest BCUT2D eigenvalue weighted by Crippen LogP contribution is -2.41. The largest absolute Gasteiger partial charge is 0.369 e. The van der Waals surface area contributed by atoms with Gasteiger partial charge in [-0.05, 0) is 56.2 Å². The van der Waals surface area contributed by atoms with Crippen LogP contribution >= 0.6 is 0 Å². The van der Waals surface area contributed by atoms with Crippen molar-refractivity contribution >= 4 is 22.9 Å². The summed E-state index contributed by atoms with van der Waals surface area (Å²) < 4.78 is 13.3. The summed E-state index contributed by atoms with van der Waals surface area (Å²) in [4.78, 5) is 22.4. The maximum Gasteiger partial charge on any atom is 0.254 e. The monoisotopic (exact) mass is 366 g/mol. The lowest BCUT2D eigenvalue weighted by Gasteiger charge is -2.29. The number of benzene rings is 2. The second kappa shape index (κ2) is 6.08. The topological polar surface area (TPSA) is 75.0 Å². The van der Waals surface area contributed by atoms with Gasteiger partial charge in [0.1, 0.15) is 5.82 Å². The fraction of sp³-hybridized carbons (Fsp3) is 0.333. The number of nitrogens with one attached hydrogen (secondary N) is 1. The van der Waals surface area contributed by atoms with Gasteiger partial charge in [0.2, 0.25) is 0 Å². The zero-order valence-electron chi connectivity index (χ0n) is 15.7. The molecule has 0 unspecified atom stereocenters. The van der Waals surface area contributed by atoms with Gasteiger partial charge in [-0.1, -0.05) is 19.1 Å². The molecule has 0 saturated heterocycles. The van der Waals surface area contributed by atoms with Crippen molar-refractivity contribution in [2.45, 2.75) is 44.7 Å². The van der Waals surface area contributed by atoms with Gasteiger partial charge in [-0.25, -0.2) is 9.37 Å². The third kappa shape index (κ3) is 2.95. The lowest BCUT2D eigenvalue weighted by molar-refractivity contribution is 0.0675. The molecule has 1 saturated carbocycles. The van der Waals surface area contributed by atoms with Crippen LogP contribution in [0.25, 0.3) is 11.0 Å². The molecule has 0 radical (unpaired) electrons. The molecule has 1 aliphatic rings. The molecular formula is C21H23FN4O. The van der Waals surface area contributed by atoms with Crippen LogP contribution in [-0.2, 0) is 5.41 Å². The SMILES string of the molecule is CC(C)N(C(=O)c1ccc2nc(N)[nH]c2c1)[C@H]1C[C@]1(C)c1ccc(F)cc1. The second-order valence-corrected chi connectivity index (χ2v) is 7.80. The van der Waals surface area contributed by atoms with Gasteiger partial charge in [0, 0.05) is 23.1 Å². The summed E-state index contributed by atoms with van der Waals surface area (Å²) in [5.74, 6) is 0.0702. The highest BCUT2D eigenvalue weighted by atomic mass is 19.1. The number of carbonyl (C=O) groups excluding carboxylic acids is 1. The Morgan fingerprint density at radius 1 is 1.30 bits per heavy atom. The minimum Gasteiger partial charge on any atom is -0.369 e. The minimum atomic E-state index is -0.247. The number of aromatic nitrogens is 2. The van der Waals surface area contributed by atoms with E-state index in [2.05, 4.69) is 16.9 Å². The fourth-order valence-corrected chi connectivity index (χ4v) is 3.94. The Balaban J connectivity index is 1.64. The van der Waals surface area contributed by atoms with E-state index in [4.69, 9.17) is 5.73 Å². The number of amides is 1. The van der Waals surface area contributed by atoms with Crippen molar-refractivity contribution < 1.29 is 9.18 Å². The molecule has 1 aromatic heterocycles. The van der Waals surface area contributed by atoms with Crippen LogP contribution in [0, 0.1) is 5.82 Å². The summed E-state index contributed by atoms with van der Waals surface area (Å²) in [6, 6.07) is 12.1. The lowest BCUT2D eigenvalue weighted by atomic mass is 9.96. The van der Waals surface area contributed by atoms with Crippen LogP contribution in [0.1, 0.15) is 43.1 Å². The molecule has 2 atom stereocenters. The van der Waals surface area contributed by atoms with E-state index in [9.17, 15) is 9.18 Å². The van der Waals surface area contributed by atoms with Gasteiger partial charge >= 0.3 is 0 Å². The zero-order chi connectivity index (χ0) is 19.3. The van der Waals surface area contributed by atoms with Crippen LogP contribution in [0.3, 0.4) is 0 Å². The molecule has 140 valence electrons. The van der Waals surface area contributed by atoms with Crippen LogP contribution in [-0.4, -0.2) is 32.9 Å². The number of aromatic amines is 1. The summed E-state index contributed by atoms with van der Waals surface area (Å²) in [5, 5.41) is 0. The molecule has 3 aromatic rings. The van der Waals surface area contributed by atoms with Gasteiger partial charge in [-0.2, -0.15) is 0 Å². The van der Waals surface area contributed by atoms with Gasteiger partial charge < -0.3 is 15.6 Å². The van der Waals surface area contributed by atoms with Gasteiger partial charge in [0.05, 0.1) is 11.0 Å². The summed E-state index contributed by atoms with van der Waals surface area (Å²) in [6.45, 7) is 6.17. The molecule has 2 aromatic carbocycles. The van der Waals surface area contributed by atoms with Crippen LogP contribution in [0.2, 0.25) is 0 Å². The average molecular weight is 366 g/mol. The number of nitrogens with two attached hydrogens (primary N) is 1. The molecule has 1 heterocycles. The summed E-state index contributed by atoms with van der Waals surface area (Å²) in [7, 11) is 0. The normalized spacial score (nSPS) is 21.6. The predicted octanol–water partition coefficient (Wildman–Crippen LogP) is 3.87. The number of hydrogen-bond donors (Lipinski definition) is 2. The van der Waals surface area contributed by atoms with Gasteiger partial charge in [0.25, 0.3) is 5.91 Å². The van der Waals surface area contributed by atoms with Crippen molar-refractivity contribution in [3.8, 4) is 0 Å². The summed E-state index contributed by atoms with van der Waals surface area (Å²) >= 11 is 0. The number of nitrogen functional groups attached to an aromatic ring is 1.